The average Bonchev–Trinajstić information content (AvgIpc) is 3.13. The first-order valence-corrected chi connectivity index (χ1v) is 6.46. The predicted octanol–water partition coefficient (Wildman–Crippen LogP) is 2.78. The van der Waals surface area contributed by atoms with Crippen molar-refractivity contribution in [3.8, 4) is 0 Å². The largest absolute Gasteiger partial charge is 0.372 e. The van der Waals surface area contributed by atoms with Gasteiger partial charge in [0, 0.05) is 24.8 Å². The van der Waals surface area contributed by atoms with Gasteiger partial charge in [0.25, 0.3) is 0 Å². The normalized spacial score (nSPS) is 16.9. The lowest BCUT2D eigenvalue weighted by molar-refractivity contribution is 0.544. The van der Waals surface area contributed by atoms with Gasteiger partial charge in [0.1, 0.15) is 5.82 Å². The molecule has 1 aliphatic carbocycles. The Morgan fingerprint density at radius 1 is 1.47 bits per heavy atom. The maximum absolute atomic E-state index is 13.1. The zero-order chi connectivity index (χ0) is 12.3. The van der Waals surface area contributed by atoms with Crippen LogP contribution in [0.1, 0.15) is 26.2 Å². The first-order valence-electron chi connectivity index (χ1n) is 6.46. The van der Waals surface area contributed by atoms with Crippen LogP contribution in [-0.4, -0.2) is 19.1 Å². The average molecular weight is 236 g/mol. The van der Waals surface area contributed by atoms with Crippen LogP contribution in [0.2, 0.25) is 0 Å². The summed E-state index contributed by atoms with van der Waals surface area (Å²) in [5.41, 5.74) is 7.04. The zero-order valence-corrected chi connectivity index (χ0v) is 10.4. The molecule has 0 bridgehead atoms. The van der Waals surface area contributed by atoms with E-state index in [1.54, 1.807) is 12.1 Å². The molecule has 0 heterocycles. The molecule has 0 saturated heterocycles. The van der Waals surface area contributed by atoms with Crippen molar-refractivity contribution in [1.82, 2.24) is 0 Å². The van der Waals surface area contributed by atoms with Crippen LogP contribution >= 0.6 is 0 Å². The number of anilines is 1. The highest BCUT2D eigenvalue weighted by Crippen LogP contribution is 2.33. The van der Waals surface area contributed by atoms with Crippen LogP contribution in [0.3, 0.4) is 0 Å². The molecule has 0 aromatic heterocycles. The van der Waals surface area contributed by atoms with Gasteiger partial charge >= 0.3 is 0 Å². The van der Waals surface area contributed by atoms with Crippen molar-refractivity contribution in [2.45, 2.75) is 32.2 Å². The summed E-state index contributed by atoms with van der Waals surface area (Å²) in [7, 11) is 0. The Kier molecular flexibility index (Phi) is 4.00. The van der Waals surface area contributed by atoms with Crippen LogP contribution in [0.4, 0.5) is 10.1 Å². The maximum atomic E-state index is 13.1. The van der Waals surface area contributed by atoms with Gasteiger partial charge in [-0.15, -0.1) is 0 Å². The van der Waals surface area contributed by atoms with Crippen LogP contribution < -0.4 is 10.6 Å². The van der Waals surface area contributed by atoms with E-state index < -0.39 is 0 Å². The summed E-state index contributed by atoms with van der Waals surface area (Å²) in [5, 5.41) is 0. The molecule has 0 radical (unpaired) electrons. The fourth-order valence-electron chi connectivity index (χ4n) is 2.21. The minimum Gasteiger partial charge on any atom is -0.372 e. The first-order chi connectivity index (χ1) is 8.20. The highest BCUT2D eigenvalue weighted by atomic mass is 19.1. The Labute approximate surface area is 103 Å². The zero-order valence-electron chi connectivity index (χ0n) is 10.4. The Hall–Kier alpha value is -1.09. The predicted molar refractivity (Wildman–Crippen MR) is 69.6 cm³/mol. The second-order valence-electron chi connectivity index (χ2n) is 4.85. The smallest absolute Gasteiger partial charge is 0.125 e. The van der Waals surface area contributed by atoms with Crippen LogP contribution in [0.15, 0.2) is 24.3 Å². The van der Waals surface area contributed by atoms with Gasteiger partial charge in [-0.25, -0.2) is 4.39 Å². The molecule has 1 atom stereocenters. The molecule has 94 valence electrons. The second-order valence-corrected chi connectivity index (χ2v) is 4.85. The minimum atomic E-state index is -0.174. The number of nitrogens with two attached hydrogens (primary N) is 1. The van der Waals surface area contributed by atoms with E-state index in [9.17, 15) is 4.39 Å². The van der Waals surface area contributed by atoms with Crippen LogP contribution in [0.5, 0.6) is 0 Å². The fraction of sp³-hybridized carbons (Fsp3) is 0.571. The van der Waals surface area contributed by atoms with Gasteiger partial charge in [0.2, 0.25) is 0 Å². The molecule has 1 aliphatic rings. The summed E-state index contributed by atoms with van der Waals surface area (Å²) in [5.74, 6) is 0.564. The molecule has 2 N–H and O–H groups in total. The molecule has 1 unspecified atom stereocenters. The SMILES string of the molecule is CCN(CCC(N)C1CC1)c1cccc(F)c1. The van der Waals surface area contributed by atoms with E-state index >= 15 is 0 Å². The monoisotopic (exact) mass is 236 g/mol. The fourth-order valence-corrected chi connectivity index (χ4v) is 2.21. The molecule has 1 aromatic carbocycles. The Bertz CT molecular complexity index is 363. The molecular weight excluding hydrogens is 215 g/mol. The van der Waals surface area contributed by atoms with Crippen molar-refractivity contribution < 1.29 is 4.39 Å². The molecule has 2 rings (SSSR count). The summed E-state index contributed by atoms with van der Waals surface area (Å²) in [6.07, 6.45) is 3.57. The highest BCUT2D eigenvalue weighted by Gasteiger charge is 2.28. The van der Waals surface area contributed by atoms with E-state index in [1.807, 2.05) is 6.07 Å². The topological polar surface area (TPSA) is 29.3 Å². The van der Waals surface area contributed by atoms with Gasteiger partial charge in [-0.3, -0.25) is 0 Å². The van der Waals surface area contributed by atoms with E-state index in [-0.39, 0.29) is 5.82 Å². The Morgan fingerprint density at radius 2 is 2.24 bits per heavy atom. The van der Waals surface area contributed by atoms with Gasteiger partial charge in [-0.2, -0.15) is 0 Å². The third kappa shape index (κ3) is 3.43. The van der Waals surface area contributed by atoms with Gasteiger partial charge in [-0.1, -0.05) is 6.07 Å². The number of rotatable bonds is 6. The molecule has 0 aliphatic heterocycles. The molecule has 1 fully saturated rings. The first kappa shape index (κ1) is 12.4. The quantitative estimate of drug-likeness (QED) is 0.823. The lowest BCUT2D eigenvalue weighted by atomic mass is 10.1. The Balaban J connectivity index is 1.91. The van der Waals surface area contributed by atoms with E-state index in [1.165, 1.54) is 18.9 Å². The van der Waals surface area contributed by atoms with Gasteiger partial charge in [-0.05, 0) is 50.3 Å². The van der Waals surface area contributed by atoms with Gasteiger partial charge in [0.05, 0.1) is 0 Å². The number of benzene rings is 1. The van der Waals surface area contributed by atoms with Crippen molar-refractivity contribution in [2.75, 3.05) is 18.0 Å². The summed E-state index contributed by atoms with van der Waals surface area (Å²) in [6, 6.07) is 7.10. The van der Waals surface area contributed by atoms with Crippen molar-refractivity contribution in [1.29, 1.82) is 0 Å². The standard InChI is InChI=1S/C14H21FN2/c1-2-17(9-8-14(16)11-6-7-11)13-5-3-4-12(15)10-13/h3-5,10-11,14H,2,6-9,16H2,1H3. The second kappa shape index (κ2) is 5.50. The summed E-state index contributed by atoms with van der Waals surface area (Å²) >= 11 is 0. The minimum absolute atomic E-state index is 0.174. The lowest BCUT2D eigenvalue weighted by Gasteiger charge is -2.24. The van der Waals surface area contributed by atoms with Crippen LogP contribution in [-0.2, 0) is 0 Å². The van der Waals surface area contributed by atoms with Crippen molar-refractivity contribution in [3.63, 3.8) is 0 Å². The Morgan fingerprint density at radius 3 is 2.82 bits per heavy atom. The van der Waals surface area contributed by atoms with Crippen LogP contribution in [0, 0.1) is 11.7 Å². The summed E-state index contributed by atoms with van der Waals surface area (Å²) in [6.45, 7) is 3.89. The number of halogens is 1. The molecule has 0 spiro atoms. The van der Waals surface area contributed by atoms with E-state index in [0.29, 0.717) is 6.04 Å². The molecule has 1 aromatic rings. The summed E-state index contributed by atoms with van der Waals surface area (Å²) < 4.78 is 13.1. The molecule has 2 nitrogen and oxygen atoms in total. The van der Waals surface area contributed by atoms with E-state index in [2.05, 4.69) is 11.8 Å². The lowest BCUT2D eigenvalue weighted by Crippen LogP contribution is -2.31. The molecular formula is C14H21FN2. The molecule has 1 saturated carbocycles. The summed E-state index contributed by atoms with van der Waals surface area (Å²) in [4.78, 5) is 2.19. The molecule has 17 heavy (non-hydrogen) atoms. The van der Waals surface area contributed by atoms with Crippen molar-refractivity contribution in [3.05, 3.63) is 30.1 Å². The highest BCUT2D eigenvalue weighted by molar-refractivity contribution is 5.46. The van der Waals surface area contributed by atoms with E-state index in [0.717, 1.165) is 31.1 Å². The number of hydrogen-bond donors (Lipinski definition) is 1. The number of nitrogens with zero attached hydrogens (tertiary/aromatic N) is 1. The van der Waals surface area contributed by atoms with Gasteiger partial charge < -0.3 is 10.6 Å². The van der Waals surface area contributed by atoms with Crippen molar-refractivity contribution in [2.24, 2.45) is 11.7 Å². The van der Waals surface area contributed by atoms with Crippen LogP contribution in [0.25, 0.3) is 0 Å². The maximum Gasteiger partial charge on any atom is 0.125 e. The number of hydrogen-bond acceptors (Lipinski definition) is 2. The third-order valence-corrected chi connectivity index (χ3v) is 3.51. The van der Waals surface area contributed by atoms with Crippen molar-refractivity contribution >= 4 is 5.69 Å². The third-order valence-electron chi connectivity index (χ3n) is 3.51. The molecule has 3 heteroatoms. The van der Waals surface area contributed by atoms with E-state index in [4.69, 9.17) is 5.73 Å². The molecule has 0 amide bonds. The van der Waals surface area contributed by atoms with Gasteiger partial charge in [0.15, 0.2) is 0 Å².